The second-order valence-electron chi connectivity index (χ2n) is 4.97. The molecule has 1 N–H and O–H groups in total. The lowest BCUT2D eigenvalue weighted by atomic mass is 10.1. The van der Waals surface area contributed by atoms with Gasteiger partial charge in [0.2, 0.25) is 0 Å². The Hall–Kier alpha value is -0.120. The lowest BCUT2D eigenvalue weighted by Gasteiger charge is -2.35. The Labute approximate surface area is 101 Å². The maximum atomic E-state index is 3.45. The quantitative estimate of drug-likeness (QED) is 0.766. The van der Waals surface area contributed by atoms with Crippen LogP contribution < -0.4 is 5.32 Å². The van der Waals surface area contributed by atoms with Crippen molar-refractivity contribution in [2.24, 2.45) is 5.92 Å². The minimum Gasteiger partial charge on any atom is -0.314 e. The predicted molar refractivity (Wildman–Crippen MR) is 70.9 cm³/mol. The first kappa shape index (κ1) is 13.9. The number of piperazine rings is 1. The molecule has 96 valence electrons. The summed E-state index contributed by atoms with van der Waals surface area (Å²) < 4.78 is 0. The van der Waals surface area contributed by atoms with Gasteiger partial charge in [-0.05, 0) is 32.9 Å². The van der Waals surface area contributed by atoms with E-state index in [2.05, 4.69) is 29.1 Å². The Balaban J connectivity index is 0.000000606. The molecular formula is C13H29N3. The van der Waals surface area contributed by atoms with Crippen molar-refractivity contribution in [1.29, 1.82) is 0 Å². The molecule has 0 unspecified atom stereocenters. The minimum absolute atomic E-state index is 0.731. The molecule has 0 aromatic rings. The number of rotatable bonds is 2. The Morgan fingerprint density at radius 2 is 2.00 bits per heavy atom. The fourth-order valence-electron chi connectivity index (χ4n) is 2.66. The van der Waals surface area contributed by atoms with Crippen LogP contribution in [0.5, 0.6) is 0 Å². The van der Waals surface area contributed by atoms with Crippen LogP contribution in [0.25, 0.3) is 0 Å². The van der Waals surface area contributed by atoms with Gasteiger partial charge >= 0.3 is 0 Å². The van der Waals surface area contributed by atoms with Crippen molar-refractivity contribution in [3.63, 3.8) is 0 Å². The third-order valence-electron chi connectivity index (χ3n) is 3.62. The van der Waals surface area contributed by atoms with E-state index in [-0.39, 0.29) is 0 Å². The van der Waals surface area contributed by atoms with Crippen molar-refractivity contribution in [2.45, 2.75) is 33.2 Å². The maximum Gasteiger partial charge on any atom is 0.0193 e. The van der Waals surface area contributed by atoms with Gasteiger partial charge in [-0.15, -0.1) is 0 Å². The lowest BCUT2D eigenvalue weighted by molar-refractivity contribution is 0.149. The highest BCUT2D eigenvalue weighted by Crippen LogP contribution is 2.17. The summed E-state index contributed by atoms with van der Waals surface area (Å²) in [6, 6.07) is 0.731. The van der Waals surface area contributed by atoms with Crippen molar-refractivity contribution in [2.75, 3.05) is 46.3 Å². The molecule has 0 aromatic heterocycles. The molecule has 0 aromatic carbocycles. The third-order valence-corrected chi connectivity index (χ3v) is 3.62. The van der Waals surface area contributed by atoms with Crippen molar-refractivity contribution >= 4 is 0 Å². The normalized spacial score (nSPS) is 32.2. The van der Waals surface area contributed by atoms with Crippen LogP contribution in [-0.2, 0) is 0 Å². The zero-order chi connectivity index (χ0) is 12.0. The van der Waals surface area contributed by atoms with Crippen LogP contribution in [0.15, 0.2) is 0 Å². The molecule has 0 radical (unpaired) electrons. The smallest absolute Gasteiger partial charge is 0.0193 e. The van der Waals surface area contributed by atoms with E-state index in [4.69, 9.17) is 0 Å². The molecule has 3 nitrogen and oxygen atoms in total. The van der Waals surface area contributed by atoms with Crippen molar-refractivity contribution in [3.8, 4) is 0 Å². The van der Waals surface area contributed by atoms with Gasteiger partial charge in [0, 0.05) is 38.8 Å². The second kappa shape index (κ2) is 7.25. The van der Waals surface area contributed by atoms with Crippen LogP contribution in [0.4, 0.5) is 0 Å². The Morgan fingerprint density at radius 3 is 2.56 bits per heavy atom. The molecule has 2 fully saturated rings. The first-order valence-electron chi connectivity index (χ1n) is 6.89. The van der Waals surface area contributed by atoms with Gasteiger partial charge < -0.3 is 10.2 Å². The monoisotopic (exact) mass is 227 g/mol. The van der Waals surface area contributed by atoms with Crippen LogP contribution in [-0.4, -0.2) is 62.2 Å². The fraction of sp³-hybridized carbons (Fsp3) is 1.00. The fourth-order valence-corrected chi connectivity index (χ4v) is 2.66. The highest BCUT2D eigenvalue weighted by Gasteiger charge is 2.25. The van der Waals surface area contributed by atoms with E-state index in [1.807, 2.05) is 13.8 Å². The zero-order valence-corrected chi connectivity index (χ0v) is 11.5. The summed E-state index contributed by atoms with van der Waals surface area (Å²) in [4.78, 5) is 5.11. The molecule has 0 aliphatic carbocycles. The standard InChI is InChI=1S/C11H23N3.C2H6/c1-10-7-12-4-6-14(10)9-11-3-5-13(2)8-11;1-2/h10-12H,3-9H2,1-2H3;1-2H3/t10-,11+;/m1./s1. The first-order valence-corrected chi connectivity index (χ1v) is 6.89. The molecule has 3 heteroatoms. The van der Waals surface area contributed by atoms with Crippen molar-refractivity contribution < 1.29 is 0 Å². The topological polar surface area (TPSA) is 18.5 Å². The molecule has 2 atom stereocenters. The summed E-state index contributed by atoms with van der Waals surface area (Å²) >= 11 is 0. The highest BCUT2D eigenvalue weighted by molar-refractivity contribution is 4.81. The van der Waals surface area contributed by atoms with Gasteiger partial charge in [0.05, 0.1) is 0 Å². The van der Waals surface area contributed by atoms with E-state index in [9.17, 15) is 0 Å². The summed E-state index contributed by atoms with van der Waals surface area (Å²) in [5.41, 5.74) is 0. The van der Waals surface area contributed by atoms with Crippen molar-refractivity contribution in [3.05, 3.63) is 0 Å². The molecule has 2 aliphatic heterocycles. The first-order chi connectivity index (χ1) is 7.75. The van der Waals surface area contributed by atoms with E-state index in [1.165, 1.54) is 45.7 Å². The lowest BCUT2D eigenvalue weighted by Crippen LogP contribution is -2.51. The van der Waals surface area contributed by atoms with Gasteiger partial charge in [-0.3, -0.25) is 4.90 Å². The number of nitrogens with one attached hydrogen (secondary N) is 1. The molecule has 0 bridgehead atoms. The molecule has 16 heavy (non-hydrogen) atoms. The molecule has 0 amide bonds. The summed E-state index contributed by atoms with van der Waals surface area (Å²) in [6.45, 7) is 13.8. The van der Waals surface area contributed by atoms with E-state index >= 15 is 0 Å². The van der Waals surface area contributed by atoms with Gasteiger partial charge in [0.1, 0.15) is 0 Å². The summed E-state index contributed by atoms with van der Waals surface area (Å²) in [6.07, 6.45) is 1.40. The molecule has 0 saturated carbocycles. The van der Waals surface area contributed by atoms with E-state index in [0.717, 1.165) is 12.0 Å². The summed E-state index contributed by atoms with van der Waals surface area (Å²) in [7, 11) is 2.24. The number of likely N-dealkylation sites (tertiary alicyclic amines) is 1. The van der Waals surface area contributed by atoms with Crippen LogP contribution in [0.3, 0.4) is 0 Å². The van der Waals surface area contributed by atoms with E-state index in [1.54, 1.807) is 0 Å². The average molecular weight is 227 g/mol. The predicted octanol–water partition coefficient (Wildman–Crippen LogP) is 1.26. The molecular weight excluding hydrogens is 198 g/mol. The van der Waals surface area contributed by atoms with E-state index < -0.39 is 0 Å². The SMILES string of the molecule is CC.C[C@@H]1CNCCN1C[C@H]1CCN(C)C1. The third kappa shape index (κ3) is 4.04. The van der Waals surface area contributed by atoms with Gasteiger partial charge in [-0.1, -0.05) is 13.8 Å². The van der Waals surface area contributed by atoms with Gasteiger partial charge in [0.15, 0.2) is 0 Å². The largest absolute Gasteiger partial charge is 0.314 e. The minimum atomic E-state index is 0.731. The summed E-state index contributed by atoms with van der Waals surface area (Å²) in [5, 5.41) is 3.45. The van der Waals surface area contributed by atoms with Crippen LogP contribution in [0.2, 0.25) is 0 Å². The molecule has 0 spiro atoms. The van der Waals surface area contributed by atoms with Crippen LogP contribution >= 0.6 is 0 Å². The molecule has 2 aliphatic rings. The second-order valence-corrected chi connectivity index (χ2v) is 4.97. The van der Waals surface area contributed by atoms with Crippen LogP contribution in [0.1, 0.15) is 27.2 Å². The van der Waals surface area contributed by atoms with Gasteiger partial charge in [0.25, 0.3) is 0 Å². The Bertz CT molecular complexity index is 184. The van der Waals surface area contributed by atoms with Gasteiger partial charge in [-0.2, -0.15) is 0 Å². The molecule has 2 rings (SSSR count). The number of hydrogen-bond donors (Lipinski definition) is 1. The highest BCUT2D eigenvalue weighted by atomic mass is 15.2. The zero-order valence-electron chi connectivity index (χ0n) is 11.5. The average Bonchev–Trinajstić information content (AvgIpc) is 2.70. The molecule has 2 saturated heterocycles. The Morgan fingerprint density at radius 1 is 1.25 bits per heavy atom. The number of nitrogens with zero attached hydrogens (tertiary/aromatic N) is 2. The maximum absolute atomic E-state index is 3.45. The molecule has 2 heterocycles. The van der Waals surface area contributed by atoms with Crippen LogP contribution in [0, 0.1) is 5.92 Å². The Kier molecular flexibility index (Phi) is 6.32. The van der Waals surface area contributed by atoms with Crippen molar-refractivity contribution in [1.82, 2.24) is 15.1 Å². The number of hydrogen-bond acceptors (Lipinski definition) is 3. The van der Waals surface area contributed by atoms with Gasteiger partial charge in [-0.25, -0.2) is 0 Å². The van der Waals surface area contributed by atoms with E-state index in [0.29, 0.717) is 0 Å². The summed E-state index contributed by atoms with van der Waals surface area (Å²) in [5.74, 6) is 0.917.